The molecule has 0 aliphatic heterocycles. The summed E-state index contributed by atoms with van der Waals surface area (Å²) in [5, 5.41) is 2.63. The highest BCUT2D eigenvalue weighted by atomic mass is 19.3. The first kappa shape index (κ1) is 19.3. The normalized spacial score (nSPS) is 10.4. The zero-order valence-corrected chi connectivity index (χ0v) is 14.5. The molecule has 0 aromatic heterocycles. The molecule has 0 saturated heterocycles. The number of hydrogen-bond acceptors (Lipinski definition) is 5. The number of carbonyl (C=O) groups is 1. The van der Waals surface area contributed by atoms with Crippen molar-refractivity contribution < 1.29 is 32.5 Å². The van der Waals surface area contributed by atoms with E-state index >= 15 is 0 Å². The fourth-order valence-corrected chi connectivity index (χ4v) is 2.38. The van der Waals surface area contributed by atoms with Crippen molar-refractivity contribution in [2.24, 2.45) is 0 Å². The summed E-state index contributed by atoms with van der Waals surface area (Å²) in [6.45, 7) is -2.93. The van der Waals surface area contributed by atoms with E-state index in [2.05, 4.69) is 10.1 Å². The molecule has 0 fully saturated rings. The summed E-state index contributed by atoms with van der Waals surface area (Å²) >= 11 is 0. The molecule has 8 heteroatoms. The van der Waals surface area contributed by atoms with Crippen LogP contribution < -0.4 is 24.3 Å². The SMILES string of the molecule is COc1cc(CC(=O)Nc2cccc(OC(F)F)c2)cc(OC)c1OC. The van der Waals surface area contributed by atoms with E-state index in [1.54, 1.807) is 18.2 Å². The molecule has 1 amide bonds. The van der Waals surface area contributed by atoms with Crippen molar-refractivity contribution in [2.45, 2.75) is 13.0 Å². The minimum absolute atomic E-state index is 0.0245. The molecular weight excluding hydrogens is 348 g/mol. The van der Waals surface area contributed by atoms with Gasteiger partial charge in [-0.05, 0) is 29.8 Å². The molecule has 26 heavy (non-hydrogen) atoms. The van der Waals surface area contributed by atoms with Gasteiger partial charge in [-0.1, -0.05) is 6.07 Å². The third-order valence-electron chi connectivity index (χ3n) is 3.43. The Kier molecular flexibility index (Phi) is 6.60. The van der Waals surface area contributed by atoms with Gasteiger partial charge in [-0.25, -0.2) is 0 Å². The second kappa shape index (κ2) is 8.89. The number of alkyl halides is 2. The summed E-state index contributed by atoms with van der Waals surface area (Å²) in [5.74, 6) is 0.916. The van der Waals surface area contributed by atoms with Crippen molar-refractivity contribution in [1.82, 2.24) is 0 Å². The van der Waals surface area contributed by atoms with Gasteiger partial charge in [-0.2, -0.15) is 8.78 Å². The van der Waals surface area contributed by atoms with E-state index < -0.39 is 6.61 Å². The van der Waals surface area contributed by atoms with Gasteiger partial charge in [0.15, 0.2) is 11.5 Å². The summed E-state index contributed by atoms with van der Waals surface area (Å²) in [5.41, 5.74) is 0.984. The van der Waals surface area contributed by atoms with E-state index in [0.29, 0.717) is 28.5 Å². The predicted octanol–water partition coefficient (Wildman–Crippen LogP) is 3.50. The van der Waals surface area contributed by atoms with E-state index in [1.165, 1.54) is 39.5 Å². The summed E-state index contributed by atoms with van der Waals surface area (Å²) in [6, 6.07) is 9.10. The maximum absolute atomic E-state index is 12.3. The molecule has 0 aliphatic rings. The topological polar surface area (TPSA) is 66.0 Å². The molecule has 140 valence electrons. The average molecular weight is 367 g/mol. The Bertz CT molecular complexity index is 742. The molecule has 0 aliphatic carbocycles. The molecule has 0 atom stereocenters. The Hall–Kier alpha value is -3.03. The van der Waals surface area contributed by atoms with Crippen molar-refractivity contribution in [3.05, 3.63) is 42.0 Å². The number of methoxy groups -OCH3 is 3. The van der Waals surface area contributed by atoms with Crippen molar-refractivity contribution in [3.63, 3.8) is 0 Å². The Morgan fingerprint density at radius 2 is 1.69 bits per heavy atom. The summed E-state index contributed by atoms with van der Waals surface area (Å²) < 4.78 is 44.6. The van der Waals surface area contributed by atoms with Crippen LogP contribution in [-0.2, 0) is 11.2 Å². The fraction of sp³-hybridized carbons (Fsp3) is 0.278. The first-order chi connectivity index (χ1) is 12.5. The number of nitrogens with one attached hydrogen (secondary N) is 1. The maximum atomic E-state index is 12.3. The number of rotatable bonds is 8. The van der Waals surface area contributed by atoms with E-state index in [0.717, 1.165) is 0 Å². The van der Waals surface area contributed by atoms with Crippen LogP contribution in [0.4, 0.5) is 14.5 Å². The monoisotopic (exact) mass is 367 g/mol. The summed E-state index contributed by atoms with van der Waals surface area (Å²) in [4.78, 5) is 12.3. The molecule has 1 N–H and O–H groups in total. The molecule has 0 radical (unpaired) electrons. The highest BCUT2D eigenvalue weighted by Gasteiger charge is 2.15. The number of amides is 1. The third-order valence-corrected chi connectivity index (χ3v) is 3.43. The Morgan fingerprint density at radius 1 is 1.04 bits per heavy atom. The van der Waals surface area contributed by atoms with Crippen LogP contribution in [0.15, 0.2) is 36.4 Å². The van der Waals surface area contributed by atoms with Crippen molar-refractivity contribution in [3.8, 4) is 23.0 Å². The quantitative estimate of drug-likeness (QED) is 0.774. The molecular formula is C18H19F2NO5. The lowest BCUT2D eigenvalue weighted by molar-refractivity contribution is -0.115. The van der Waals surface area contributed by atoms with Crippen molar-refractivity contribution >= 4 is 11.6 Å². The number of ether oxygens (including phenoxy) is 4. The van der Waals surface area contributed by atoms with E-state index in [1.807, 2.05) is 0 Å². The lowest BCUT2D eigenvalue weighted by Crippen LogP contribution is -2.14. The van der Waals surface area contributed by atoms with Gasteiger partial charge in [0.25, 0.3) is 0 Å². The standard InChI is InChI=1S/C18H19F2NO5/c1-23-14-7-11(8-15(24-2)17(14)25-3)9-16(22)21-12-5-4-6-13(10-12)26-18(19)20/h4-8,10,18H,9H2,1-3H3,(H,21,22). The molecule has 0 bridgehead atoms. The van der Waals surface area contributed by atoms with Gasteiger partial charge >= 0.3 is 6.61 Å². The molecule has 6 nitrogen and oxygen atoms in total. The van der Waals surface area contributed by atoms with Crippen LogP contribution in [0, 0.1) is 0 Å². The molecule has 0 unspecified atom stereocenters. The molecule has 0 spiro atoms. The summed E-state index contributed by atoms with van der Waals surface area (Å²) in [7, 11) is 4.45. The molecule has 2 aromatic rings. The van der Waals surface area contributed by atoms with Crippen LogP contribution in [0.2, 0.25) is 0 Å². The highest BCUT2D eigenvalue weighted by molar-refractivity contribution is 5.92. The van der Waals surface area contributed by atoms with Crippen LogP contribution in [0.3, 0.4) is 0 Å². The highest BCUT2D eigenvalue weighted by Crippen LogP contribution is 2.38. The first-order valence-corrected chi connectivity index (χ1v) is 7.60. The van der Waals surface area contributed by atoms with Crippen LogP contribution in [0.5, 0.6) is 23.0 Å². The van der Waals surface area contributed by atoms with Crippen molar-refractivity contribution in [2.75, 3.05) is 26.6 Å². The van der Waals surface area contributed by atoms with Gasteiger partial charge in [0.1, 0.15) is 5.75 Å². The van der Waals surface area contributed by atoms with E-state index in [-0.39, 0.29) is 18.1 Å². The van der Waals surface area contributed by atoms with Crippen LogP contribution in [0.25, 0.3) is 0 Å². The van der Waals surface area contributed by atoms with E-state index in [4.69, 9.17) is 14.2 Å². The van der Waals surface area contributed by atoms with Crippen molar-refractivity contribution in [1.29, 1.82) is 0 Å². The van der Waals surface area contributed by atoms with Gasteiger partial charge in [-0.3, -0.25) is 4.79 Å². The van der Waals surface area contributed by atoms with Crippen LogP contribution >= 0.6 is 0 Å². The smallest absolute Gasteiger partial charge is 0.387 e. The number of benzene rings is 2. The number of anilines is 1. The minimum Gasteiger partial charge on any atom is -0.493 e. The average Bonchev–Trinajstić information content (AvgIpc) is 2.60. The fourth-order valence-electron chi connectivity index (χ4n) is 2.38. The summed E-state index contributed by atoms with van der Waals surface area (Å²) in [6.07, 6.45) is 0.0245. The maximum Gasteiger partial charge on any atom is 0.387 e. The van der Waals surface area contributed by atoms with E-state index in [9.17, 15) is 13.6 Å². The van der Waals surface area contributed by atoms with Gasteiger partial charge in [0.2, 0.25) is 11.7 Å². The Morgan fingerprint density at radius 3 is 2.23 bits per heavy atom. The van der Waals surface area contributed by atoms with Gasteiger partial charge in [-0.15, -0.1) is 0 Å². The lowest BCUT2D eigenvalue weighted by Gasteiger charge is -2.14. The van der Waals surface area contributed by atoms with Gasteiger partial charge in [0, 0.05) is 11.8 Å². The number of halogens is 2. The number of carbonyl (C=O) groups excluding carboxylic acids is 1. The van der Waals surface area contributed by atoms with Gasteiger partial charge < -0.3 is 24.3 Å². The van der Waals surface area contributed by atoms with Crippen LogP contribution in [-0.4, -0.2) is 33.8 Å². The predicted molar refractivity (Wildman–Crippen MR) is 91.5 cm³/mol. The molecule has 0 heterocycles. The Balaban J connectivity index is 2.13. The largest absolute Gasteiger partial charge is 0.493 e. The second-order valence-electron chi connectivity index (χ2n) is 5.16. The zero-order chi connectivity index (χ0) is 19.1. The third kappa shape index (κ3) is 4.98. The zero-order valence-electron chi connectivity index (χ0n) is 14.5. The first-order valence-electron chi connectivity index (χ1n) is 7.60. The lowest BCUT2D eigenvalue weighted by atomic mass is 10.1. The number of hydrogen-bond donors (Lipinski definition) is 1. The Labute approximate surface area is 149 Å². The minimum atomic E-state index is -2.93. The second-order valence-corrected chi connectivity index (χ2v) is 5.16. The molecule has 0 saturated carbocycles. The van der Waals surface area contributed by atoms with Crippen LogP contribution in [0.1, 0.15) is 5.56 Å². The molecule has 2 aromatic carbocycles. The molecule has 2 rings (SSSR count). The van der Waals surface area contributed by atoms with Gasteiger partial charge in [0.05, 0.1) is 27.8 Å².